The van der Waals surface area contributed by atoms with E-state index in [9.17, 15) is 10.1 Å². The molecule has 18 heavy (non-hydrogen) atoms. The quantitative estimate of drug-likeness (QED) is 0.684. The van der Waals surface area contributed by atoms with E-state index < -0.39 is 4.92 Å². The van der Waals surface area contributed by atoms with Gasteiger partial charge in [0.05, 0.1) is 17.1 Å². The number of hydrogen-bond acceptors (Lipinski definition) is 3. The summed E-state index contributed by atoms with van der Waals surface area (Å²) >= 11 is 6.02. The molecule has 5 nitrogen and oxygen atoms in total. The van der Waals surface area contributed by atoms with Crippen molar-refractivity contribution in [2.24, 2.45) is 0 Å². The van der Waals surface area contributed by atoms with Crippen LogP contribution in [0.5, 0.6) is 5.75 Å². The topological polar surface area (TPSA) is 68.2 Å². The Bertz CT molecular complexity index is 646. The van der Waals surface area contributed by atoms with Crippen molar-refractivity contribution in [2.75, 3.05) is 7.11 Å². The van der Waals surface area contributed by atoms with E-state index in [1.54, 1.807) is 12.1 Å². The van der Waals surface area contributed by atoms with Gasteiger partial charge in [0.15, 0.2) is 0 Å². The zero-order chi connectivity index (χ0) is 13.3. The second-order valence-corrected chi connectivity index (χ2v) is 4.20. The first-order valence-corrected chi connectivity index (χ1v) is 5.58. The third kappa shape index (κ3) is 2.17. The number of aromatic nitrogens is 1. The van der Waals surface area contributed by atoms with Crippen molar-refractivity contribution in [3.63, 3.8) is 0 Å². The number of nitro groups is 1. The first-order chi connectivity index (χ1) is 8.52. The van der Waals surface area contributed by atoms with Crippen LogP contribution in [0, 0.1) is 17.0 Å². The van der Waals surface area contributed by atoms with Crippen LogP contribution >= 0.6 is 11.6 Å². The van der Waals surface area contributed by atoms with Gasteiger partial charge in [-0.25, -0.2) is 0 Å². The normalized spacial score (nSPS) is 11.3. The number of nitrogens with zero attached hydrogens (tertiary/aromatic N) is 1. The molecule has 0 saturated carbocycles. The smallest absolute Gasteiger partial charge is 0.235 e. The molecule has 0 bridgehead atoms. The molecule has 1 aromatic carbocycles. The summed E-state index contributed by atoms with van der Waals surface area (Å²) in [5.41, 5.74) is 2.42. The van der Waals surface area contributed by atoms with Crippen LogP contribution in [0.1, 0.15) is 11.3 Å². The molecule has 0 aliphatic heterocycles. The number of benzene rings is 1. The zero-order valence-electron chi connectivity index (χ0n) is 9.86. The minimum absolute atomic E-state index is 0.495. The number of rotatable bonds is 3. The molecule has 0 aliphatic carbocycles. The van der Waals surface area contributed by atoms with Crippen molar-refractivity contribution in [2.45, 2.75) is 6.92 Å². The van der Waals surface area contributed by atoms with Crippen molar-refractivity contribution in [1.82, 2.24) is 4.98 Å². The zero-order valence-corrected chi connectivity index (χ0v) is 10.6. The Morgan fingerprint density at radius 3 is 2.83 bits per heavy atom. The lowest BCUT2D eigenvalue weighted by molar-refractivity contribution is -0.400. The Morgan fingerprint density at radius 1 is 1.50 bits per heavy atom. The molecule has 0 unspecified atom stereocenters. The predicted octanol–water partition coefficient (Wildman–Crippen LogP) is 3.39. The van der Waals surface area contributed by atoms with Crippen LogP contribution in [0.15, 0.2) is 18.3 Å². The fourth-order valence-corrected chi connectivity index (χ4v) is 2.10. The number of aryl methyl sites for hydroxylation is 1. The van der Waals surface area contributed by atoms with E-state index in [0.717, 1.165) is 28.4 Å². The lowest BCUT2D eigenvalue weighted by atomic mass is 10.1. The maximum absolute atomic E-state index is 10.4. The van der Waals surface area contributed by atoms with Gasteiger partial charge in [-0.05, 0) is 19.1 Å². The number of hydrogen-bond donors (Lipinski definition) is 1. The van der Waals surface area contributed by atoms with Crippen LogP contribution in [0.25, 0.3) is 17.0 Å². The first kappa shape index (κ1) is 12.4. The monoisotopic (exact) mass is 266 g/mol. The third-order valence-electron chi connectivity index (χ3n) is 2.67. The highest BCUT2D eigenvalue weighted by atomic mass is 35.5. The summed E-state index contributed by atoms with van der Waals surface area (Å²) < 4.78 is 5.14. The number of ether oxygens (including phenoxy) is 1. The highest BCUT2D eigenvalue weighted by molar-refractivity contribution is 6.32. The van der Waals surface area contributed by atoms with Crippen molar-refractivity contribution < 1.29 is 9.66 Å². The largest absolute Gasteiger partial charge is 0.495 e. The van der Waals surface area contributed by atoms with Crippen LogP contribution in [0.3, 0.4) is 0 Å². The van der Waals surface area contributed by atoms with Gasteiger partial charge < -0.3 is 9.72 Å². The highest BCUT2D eigenvalue weighted by Gasteiger charge is 2.11. The van der Waals surface area contributed by atoms with Crippen molar-refractivity contribution >= 4 is 28.6 Å². The second-order valence-electron chi connectivity index (χ2n) is 3.80. The number of aromatic amines is 1. The molecule has 0 spiro atoms. The van der Waals surface area contributed by atoms with Crippen LogP contribution < -0.4 is 4.74 Å². The first-order valence-electron chi connectivity index (χ1n) is 5.20. The SMILES string of the molecule is COc1cc2c(C=C[N+](=O)[O-])c(C)[nH]c2cc1Cl. The molecular weight excluding hydrogens is 256 g/mol. The Morgan fingerprint density at radius 2 is 2.22 bits per heavy atom. The van der Waals surface area contributed by atoms with Crippen molar-refractivity contribution in [1.29, 1.82) is 0 Å². The molecule has 0 radical (unpaired) electrons. The summed E-state index contributed by atoms with van der Waals surface area (Å²) in [5.74, 6) is 0.541. The Kier molecular flexibility index (Phi) is 3.25. The van der Waals surface area contributed by atoms with Gasteiger partial charge >= 0.3 is 0 Å². The van der Waals surface area contributed by atoms with Gasteiger partial charge in [-0.3, -0.25) is 10.1 Å². The number of nitrogens with one attached hydrogen (secondary N) is 1. The highest BCUT2D eigenvalue weighted by Crippen LogP contribution is 2.33. The van der Waals surface area contributed by atoms with E-state index in [-0.39, 0.29) is 0 Å². The summed E-state index contributed by atoms with van der Waals surface area (Å²) in [5, 5.41) is 11.7. The van der Waals surface area contributed by atoms with E-state index in [0.29, 0.717) is 10.8 Å². The van der Waals surface area contributed by atoms with E-state index >= 15 is 0 Å². The predicted molar refractivity (Wildman–Crippen MR) is 70.6 cm³/mol. The lowest BCUT2D eigenvalue weighted by Crippen LogP contribution is -1.85. The van der Waals surface area contributed by atoms with Crippen LogP contribution in [-0.4, -0.2) is 17.0 Å². The van der Waals surface area contributed by atoms with Crippen LogP contribution in [0.2, 0.25) is 5.02 Å². The average molecular weight is 267 g/mol. The van der Waals surface area contributed by atoms with Crippen molar-refractivity contribution in [3.05, 3.63) is 44.7 Å². The van der Waals surface area contributed by atoms with Crippen LogP contribution in [0.4, 0.5) is 0 Å². The van der Waals surface area contributed by atoms with E-state index in [2.05, 4.69) is 4.98 Å². The van der Waals surface area contributed by atoms with Gasteiger partial charge in [-0.2, -0.15) is 0 Å². The van der Waals surface area contributed by atoms with E-state index in [1.807, 2.05) is 6.92 Å². The summed E-state index contributed by atoms with van der Waals surface area (Å²) in [7, 11) is 1.53. The molecule has 1 N–H and O–H groups in total. The Labute approximate surface area is 108 Å². The fourth-order valence-electron chi connectivity index (χ4n) is 1.86. The number of halogens is 1. The summed E-state index contributed by atoms with van der Waals surface area (Å²) in [6.07, 6.45) is 2.37. The van der Waals surface area contributed by atoms with Crippen LogP contribution in [-0.2, 0) is 0 Å². The summed E-state index contributed by atoms with van der Waals surface area (Å²) in [4.78, 5) is 13.0. The number of fused-ring (bicyclic) bond motifs is 1. The van der Waals surface area contributed by atoms with E-state index in [1.165, 1.54) is 13.2 Å². The molecule has 1 aromatic heterocycles. The molecule has 0 saturated heterocycles. The second kappa shape index (κ2) is 4.70. The van der Waals surface area contributed by atoms with Gasteiger partial charge in [0.1, 0.15) is 5.75 Å². The van der Waals surface area contributed by atoms with Crippen molar-refractivity contribution in [3.8, 4) is 5.75 Å². The minimum Gasteiger partial charge on any atom is -0.495 e. The molecular formula is C12H11ClN2O3. The minimum atomic E-state index is -0.495. The molecule has 1 heterocycles. The Balaban J connectivity index is 2.65. The molecule has 2 rings (SSSR count). The fraction of sp³-hybridized carbons (Fsp3) is 0.167. The molecule has 0 atom stereocenters. The summed E-state index contributed by atoms with van der Waals surface area (Å²) in [6.45, 7) is 1.85. The average Bonchev–Trinajstić information content (AvgIpc) is 2.60. The van der Waals surface area contributed by atoms with Gasteiger partial charge in [0.2, 0.25) is 6.20 Å². The van der Waals surface area contributed by atoms with Gasteiger partial charge in [0, 0.05) is 28.2 Å². The number of methoxy groups -OCH3 is 1. The third-order valence-corrected chi connectivity index (χ3v) is 2.97. The van der Waals surface area contributed by atoms with E-state index in [4.69, 9.17) is 16.3 Å². The standard InChI is InChI=1S/C12H11ClN2O3/c1-7-8(3-4-15(16)17)9-5-12(18-2)10(13)6-11(9)14-7/h3-6,14H,1-2H3. The lowest BCUT2D eigenvalue weighted by Gasteiger charge is -2.02. The molecule has 0 amide bonds. The van der Waals surface area contributed by atoms with Gasteiger partial charge in [-0.15, -0.1) is 0 Å². The summed E-state index contributed by atoms with van der Waals surface area (Å²) in [6, 6.07) is 3.51. The maximum atomic E-state index is 10.4. The van der Waals surface area contributed by atoms with Gasteiger partial charge in [0.25, 0.3) is 0 Å². The number of H-pyrrole nitrogens is 1. The molecule has 2 aromatic rings. The maximum Gasteiger partial charge on any atom is 0.235 e. The van der Waals surface area contributed by atoms with Gasteiger partial charge in [-0.1, -0.05) is 11.6 Å². The molecule has 6 heteroatoms. The molecule has 0 aliphatic rings. The molecule has 94 valence electrons. The Hall–Kier alpha value is -2.01. The molecule has 0 fully saturated rings.